The molecule has 0 saturated carbocycles. The van der Waals surface area contributed by atoms with Gasteiger partial charge in [-0.05, 0) is 116 Å². The van der Waals surface area contributed by atoms with Crippen molar-refractivity contribution < 1.29 is 19.7 Å². The number of nitrogens with zero attached hydrogens (tertiary/aromatic N) is 3. The maximum atomic E-state index is 11.0. The van der Waals surface area contributed by atoms with E-state index in [1.807, 2.05) is 61.7 Å². The molecule has 8 nitrogen and oxygen atoms in total. The lowest BCUT2D eigenvalue weighted by molar-refractivity contribution is 0.104. The monoisotopic (exact) mass is 828 g/mol. The van der Waals surface area contributed by atoms with Crippen LogP contribution in [-0.2, 0) is 5.41 Å². The molecule has 0 aliphatic heterocycles. The smallest absolute Gasteiger partial charge is 0.232 e. The van der Waals surface area contributed by atoms with Crippen molar-refractivity contribution in [2.24, 2.45) is 0 Å². The van der Waals surface area contributed by atoms with Crippen LogP contribution in [0.2, 0.25) is 0 Å². The first-order valence-electron chi connectivity index (χ1n) is 20.1. The molecule has 0 radical (unpaired) electrons. The van der Waals surface area contributed by atoms with Crippen LogP contribution in [0.4, 0.5) is 11.6 Å². The molecular formula is C50H44N4O4S2. The van der Waals surface area contributed by atoms with Crippen molar-refractivity contribution >= 4 is 56.7 Å². The minimum Gasteiger partial charge on any atom is -0.491 e. The summed E-state index contributed by atoms with van der Waals surface area (Å²) >= 11 is 2.81. The summed E-state index contributed by atoms with van der Waals surface area (Å²) in [6, 6.07) is 53.0. The van der Waals surface area contributed by atoms with Crippen LogP contribution in [0, 0.1) is 0 Å². The number of aromatic nitrogens is 3. The number of benzene rings is 7. The first-order chi connectivity index (χ1) is 29.4. The minimum atomic E-state index is -0.745. The Labute approximate surface area is 358 Å². The maximum absolute atomic E-state index is 11.0. The van der Waals surface area contributed by atoms with Crippen molar-refractivity contribution in [2.45, 2.75) is 41.3 Å². The highest BCUT2D eigenvalue weighted by atomic mass is 32.2. The molecule has 2 unspecified atom stereocenters. The van der Waals surface area contributed by atoms with Crippen molar-refractivity contribution in [3.63, 3.8) is 0 Å². The van der Waals surface area contributed by atoms with Gasteiger partial charge in [-0.2, -0.15) is 15.0 Å². The molecule has 9 rings (SSSR count). The van der Waals surface area contributed by atoms with E-state index in [4.69, 9.17) is 9.47 Å². The highest BCUT2D eigenvalue weighted by Gasteiger charge is 2.46. The van der Waals surface area contributed by atoms with E-state index in [0.29, 0.717) is 34.2 Å². The van der Waals surface area contributed by atoms with Crippen LogP contribution in [0.15, 0.2) is 162 Å². The lowest BCUT2D eigenvalue weighted by atomic mass is 9.67. The van der Waals surface area contributed by atoms with Gasteiger partial charge in [-0.1, -0.05) is 134 Å². The molecule has 8 aromatic rings. The summed E-state index contributed by atoms with van der Waals surface area (Å²) in [5.41, 5.74) is 7.63. The molecule has 60 heavy (non-hydrogen) atoms. The molecule has 7 aromatic carbocycles. The van der Waals surface area contributed by atoms with Crippen LogP contribution in [-0.4, -0.2) is 62.6 Å². The zero-order chi connectivity index (χ0) is 41.1. The van der Waals surface area contributed by atoms with E-state index in [1.165, 1.54) is 56.9 Å². The molecule has 0 fully saturated rings. The van der Waals surface area contributed by atoms with Crippen LogP contribution < -0.4 is 14.8 Å². The van der Waals surface area contributed by atoms with Gasteiger partial charge in [0.2, 0.25) is 5.95 Å². The van der Waals surface area contributed by atoms with Crippen molar-refractivity contribution in [1.82, 2.24) is 15.0 Å². The standard InChI is InChI=1S/C50H44N4O4S2/c1-3-39(55)29-57-41-23-19-32-25-36(21-17-34(32)27-41)50(45-15-9-7-13-43(45)44-14-8-10-16-46(44)50)37-22-18-35-28-42(24-20-33(35)26-37)58-30-40(56)31-60-49-53-47(52-48(54-49)59-2)51-38-11-5-4-6-12-38/h4-28,39-40,55-56H,3,29-31H2,1-2H3,(H,51,52,53,54). The Morgan fingerprint density at radius 3 is 1.68 bits per heavy atom. The molecule has 1 aliphatic carbocycles. The summed E-state index contributed by atoms with van der Waals surface area (Å²) in [5, 5.41) is 29.7. The van der Waals surface area contributed by atoms with E-state index < -0.39 is 17.6 Å². The van der Waals surface area contributed by atoms with Crippen LogP contribution >= 0.6 is 23.5 Å². The second kappa shape index (κ2) is 17.4. The number of hydrogen-bond acceptors (Lipinski definition) is 10. The van der Waals surface area contributed by atoms with Gasteiger partial charge >= 0.3 is 0 Å². The molecule has 1 aromatic heterocycles. The van der Waals surface area contributed by atoms with E-state index >= 15 is 0 Å². The van der Waals surface area contributed by atoms with Gasteiger partial charge in [-0.15, -0.1) is 0 Å². The lowest BCUT2D eigenvalue weighted by Gasteiger charge is -2.34. The Morgan fingerprint density at radius 1 is 0.583 bits per heavy atom. The maximum Gasteiger partial charge on any atom is 0.232 e. The van der Waals surface area contributed by atoms with Gasteiger partial charge in [0.1, 0.15) is 24.7 Å². The largest absolute Gasteiger partial charge is 0.491 e. The molecular weight excluding hydrogens is 785 g/mol. The number of para-hydroxylation sites is 1. The van der Waals surface area contributed by atoms with Crippen LogP contribution in [0.5, 0.6) is 11.5 Å². The van der Waals surface area contributed by atoms with Gasteiger partial charge in [0.25, 0.3) is 0 Å². The van der Waals surface area contributed by atoms with Gasteiger partial charge in [0, 0.05) is 11.4 Å². The quantitative estimate of drug-likeness (QED) is 0.0864. The van der Waals surface area contributed by atoms with E-state index in [0.717, 1.165) is 33.0 Å². The fourth-order valence-corrected chi connectivity index (χ4v) is 9.19. The highest BCUT2D eigenvalue weighted by Crippen LogP contribution is 2.56. The van der Waals surface area contributed by atoms with E-state index in [-0.39, 0.29) is 13.2 Å². The Hall–Kier alpha value is -5.91. The second-order valence-electron chi connectivity index (χ2n) is 14.9. The number of ether oxygens (including phenoxy) is 2. The van der Waals surface area contributed by atoms with Gasteiger partial charge in [-0.25, -0.2) is 0 Å². The molecule has 300 valence electrons. The summed E-state index contributed by atoms with van der Waals surface area (Å²) in [6.45, 7) is 2.34. The van der Waals surface area contributed by atoms with Crippen LogP contribution in [0.25, 0.3) is 32.7 Å². The molecule has 10 heteroatoms. The Morgan fingerprint density at radius 2 is 1.10 bits per heavy atom. The summed E-state index contributed by atoms with van der Waals surface area (Å²) < 4.78 is 12.1. The molecule has 2 atom stereocenters. The van der Waals surface area contributed by atoms with E-state index in [9.17, 15) is 10.2 Å². The summed E-state index contributed by atoms with van der Waals surface area (Å²) in [5.74, 6) is 2.25. The number of hydrogen-bond donors (Lipinski definition) is 3. The number of rotatable bonds is 15. The van der Waals surface area contributed by atoms with E-state index in [1.54, 1.807) is 0 Å². The van der Waals surface area contributed by atoms with Gasteiger partial charge in [-0.3, -0.25) is 0 Å². The Bertz CT molecular complexity index is 2760. The first kappa shape index (κ1) is 39.5. The lowest BCUT2D eigenvalue weighted by Crippen LogP contribution is -2.28. The Kier molecular flexibility index (Phi) is 11.4. The van der Waals surface area contributed by atoms with Crippen molar-refractivity contribution in [2.75, 3.05) is 30.5 Å². The zero-order valence-electron chi connectivity index (χ0n) is 33.3. The van der Waals surface area contributed by atoms with E-state index in [2.05, 4.69) is 123 Å². The highest BCUT2D eigenvalue weighted by molar-refractivity contribution is 7.99. The summed E-state index contributed by atoms with van der Waals surface area (Å²) in [6.07, 6.45) is 1.34. The van der Waals surface area contributed by atoms with Gasteiger partial charge in [0.15, 0.2) is 10.3 Å². The molecule has 3 N–H and O–H groups in total. The number of aliphatic hydroxyl groups is 2. The predicted octanol–water partition coefficient (Wildman–Crippen LogP) is 10.7. The third-order valence-corrected chi connectivity index (χ3v) is 12.5. The normalized spacial score (nSPS) is 13.7. The predicted molar refractivity (Wildman–Crippen MR) is 244 cm³/mol. The number of nitrogens with one attached hydrogen (secondary N) is 1. The summed E-state index contributed by atoms with van der Waals surface area (Å²) in [7, 11) is 0. The second-order valence-corrected chi connectivity index (χ2v) is 16.6. The third-order valence-electron chi connectivity index (χ3n) is 11.0. The first-order valence-corrected chi connectivity index (χ1v) is 22.3. The zero-order valence-corrected chi connectivity index (χ0v) is 34.9. The molecule has 0 amide bonds. The third kappa shape index (κ3) is 7.91. The van der Waals surface area contributed by atoms with Gasteiger partial charge < -0.3 is 25.0 Å². The average molecular weight is 829 g/mol. The molecule has 0 spiro atoms. The van der Waals surface area contributed by atoms with Crippen LogP contribution in [0.3, 0.4) is 0 Å². The topological polar surface area (TPSA) is 110 Å². The molecule has 1 heterocycles. The summed E-state index contributed by atoms with van der Waals surface area (Å²) in [4.78, 5) is 13.6. The fourth-order valence-electron chi connectivity index (χ4n) is 8.04. The number of aliphatic hydroxyl groups excluding tert-OH is 2. The number of anilines is 2. The molecule has 1 aliphatic rings. The molecule has 0 bridgehead atoms. The van der Waals surface area contributed by atoms with Crippen molar-refractivity contribution in [3.8, 4) is 22.6 Å². The number of fused-ring (bicyclic) bond motifs is 5. The average Bonchev–Trinajstić information content (AvgIpc) is 3.60. The SMILES string of the molecule is CCC(O)COc1ccc2cc(C3(c4ccc5cc(OCC(O)CSc6nc(Nc7ccccc7)nc(SC)n6)ccc5c4)c4ccccc4-c4ccccc43)ccc2c1. The van der Waals surface area contributed by atoms with Crippen molar-refractivity contribution in [3.05, 3.63) is 174 Å². The Balaban J connectivity index is 0.974. The molecule has 0 saturated heterocycles. The minimum absolute atomic E-state index is 0.124. The van der Waals surface area contributed by atoms with Crippen LogP contribution in [0.1, 0.15) is 35.6 Å². The number of thioether (sulfide) groups is 2. The van der Waals surface area contributed by atoms with Crippen molar-refractivity contribution in [1.29, 1.82) is 0 Å². The fraction of sp³-hybridized carbons (Fsp3) is 0.180. The van der Waals surface area contributed by atoms with Gasteiger partial charge in [0.05, 0.1) is 17.6 Å².